The van der Waals surface area contributed by atoms with Crippen molar-refractivity contribution in [2.75, 3.05) is 18.4 Å². The average molecular weight is 392 g/mol. The highest BCUT2D eigenvalue weighted by atomic mass is 16.2. The molecule has 5 nitrogen and oxygen atoms in total. The summed E-state index contributed by atoms with van der Waals surface area (Å²) in [5.41, 5.74) is 4.44. The van der Waals surface area contributed by atoms with Gasteiger partial charge in [-0.05, 0) is 67.3 Å². The topological polar surface area (TPSA) is 61.4 Å². The highest BCUT2D eigenvalue weighted by Crippen LogP contribution is 2.29. The van der Waals surface area contributed by atoms with Gasteiger partial charge in [-0.25, -0.2) is 4.79 Å². The van der Waals surface area contributed by atoms with Crippen molar-refractivity contribution in [2.45, 2.75) is 51.0 Å². The van der Waals surface area contributed by atoms with Crippen LogP contribution in [-0.4, -0.2) is 29.9 Å². The summed E-state index contributed by atoms with van der Waals surface area (Å²) >= 11 is 0. The Bertz CT molecular complexity index is 857. The second-order valence-corrected chi connectivity index (χ2v) is 8.03. The molecule has 4 rings (SSSR count). The summed E-state index contributed by atoms with van der Waals surface area (Å²) in [6.45, 7) is 1.81. The maximum Gasteiger partial charge on any atom is 0.319 e. The molecule has 1 unspecified atom stereocenters. The van der Waals surface area contributed by atoms with E-state index in [1.807, 2.05) is 35.2 Å². The van der Waals surface area contributed by atoms with E-state index < -0.39 is 0 Å². The van der Waals surface area contributed by atoms with Crippen molar-refractivity contribution in [3.8, 4) is 0 Å². The van der Waals surface area contributed by atoms with Crippen LogP contribution in [0.25, 0.3) is 0 Å². The molecule has 0 radical (unpaired) electrons. The van der Waals surface area contributed by atoms with E-state index in [1.165, 1.54) is 11.1 Å². The highest BCUT2D eigenvalue weighted by Gasteiger charge is 2.21. The first kappa shape index (κ1) is 19.5. The number of aryl methyl sites for hydroxylation is 2. The van der Waals surface area contributed by atoms with Crippen molar-refractivity contribution < 1.29 is 9.59 Å². The minimum atomic E-state index is -0.177. The zero-order valence-electron chi connectivity index (χ0n) is 16.8. The van der Waals surface area contributed by atoms with Gasteiger partial charge >= 0.3 is 6.03 Å². The van der Waals surface area contributed by atoms with Gasteiger partial charge in [0.05, 0.1) is 6.04 Å². The average Bonchev–Trinajstić information content (AvgIpc) is 3.28. The maximum atomic E-state index is 12.5. The summed E-state index contributed by atoms with van der Waals surface area (Å²) in [5, 5.41) is 6.04. The standard InChI is InChI=1S/C24H29N3O2/c28-23(27-16-3-4-17-27)15-12-18-10-13-20(14-11-18)25-24(29)26-22-9-5-7-19-6-1-2-8-21(19)22/h1-2,6,8,10-11,13-14,22H,3-5,7,9,12,15-17H2,(H2,25,26,29). The summed E-state index contributed by atoms with van der Waals surface area (Å²) in [5.74, 6) is 0.247. The number of nitrogens with one attached hydrogen (secondary N) is 2. The quantitative estimate of drug-likeness (QED) is 0.791. The Morgan fingerprint density at radius 2 is 1.72 bits per heavy atom. The molecule has 2 aromatic rings. The number of rotatable bonds is 5. The first-order valence-electron chi connectivity index (χ1n) is 10.7. The Morgan fingerprint density at radius 3 is 2.52 bits per heavy atom. The third-order valence-corrected chi connectivity index (χ3v) is 5.97. The van der Waals surface area contributed by atoms with Gasteiger partial charge in [0.1, 0.15) is 0 Å². The van der Waals surface area contributed by atoms with Crippen LogP contribution in [-0.2, 0) is 17.6 Å². The molecule has 3 amide bonds. The fourth-order valence-electron chi connectivity index (χ4n) is 4.36. The van der Waals surface area contributed by atoms with E-state index in [-0.39, 0.29) is 18.0 Å². The molecule has 0 spiro atoms. The van der Waals surface area contributed by atoms with Crippen LogP contribution in [0, 0.1) is 0 Å². The number of anilines is 1. The summed E-state index contributed by atoms with van der Waals surface area (Å²) in [6, 6.07) is 16.0. The van der Waals surface area contributed by atoms with E-state index in [1.54, 1.807) is 0 Å². The number of carbonyl (C=O) groups excluding carboxylic acids is 2. The Kier molecular flexibility index (Phi) is 6.13. The number of hydrogen-bond donors (Lipinski definition) is 2. The van der Waals surface area contributed by atoms with E-state index in [0.29, 0.717) is 6.42 Å². The third-order valence-electron chi connectivity index (χ3n) is 5.97. The normalized spacial score (nSPS) is 18.2. The van der Waals surface area contributed by atoms with Gasteiger partial charge in [0.15, 0.2) is 0 Å². The van der Waals surface area contributed by atoms with Crippen LogP contribution >= 0.6 is 0 Å². The molecule has 0 saturated carbocycles. The molecule has 1 atom stereocenters. The number of nitrogens with zero attached hydrogens (tertiary/aromatic N) is 1. The molecule has 1 fully saturated rings. The zero-order chi connectivity index (χ0) is 20.1. The Hall–Kier alpha value is -2.82. The van der Waals surface area contributed by atoms with Crippen LogP contribution < -0.4 is 10.6 Å². The van der Waals surface area contributed by atoms with Crippen LogP contribution in [0.2, 0.25) is 0 Å². The van der Waals surface area contributed by atoms with E-state index in [0.717, 1.165) is 62.9 Å². The second-order valence-electron chi connectivity index (χ2n) is 8.03. The van der Waals surface area contributed by atoms with Crippen molar-refractivity contribution in [3.05, 3.63) is 65.2 Å². The molecule has 0 bridgehead atoms. The molecule has 1 saturated heterocycles. The van der Waals surface area contributed by atoms with Gasteiger partial charge < -0.3 is 15.5 Å². The summed E-state index contributed by atoms with van der Waals surface area (Å²) < 4.78 is 0. The first-order chi connectivity index (χ1) is 14.2. The van der Waals surface area contributed by atoms with Crippen molar-refractivity contribution in [3.63, 3.8) is 0 Å². The SMILES string of the molecule is O=C(Nc1ccc(CCC(=O)N2CCCC2)cc1)NC1CCCc2ccccc21. The second kappa shape index (κ2) is 9.12. The first-order valence-corrected chi connectivity index (χ1v) is 10.7. The van der Waals surface area contributed by atoms with Crippen LogP contribution in [0.15, 0.2) is 48.5 Å². The summed E-state index contributed by atoms with van der Waals surface area (Å²) in [6.07, 6.45) is 6.68. The number of benzene rings is 2. The van der Waals surface area contributed by atoms with Gasteiger partial charge in [-0.3, -0.25) is 4.79 Å². The number of urea groups is 1. The fraction of sp³-hybridized carbons (Fsp3) is 0.417. The van der Waals surface area contributed by atoms with Crippen LogP contribution in [0.5, 0.6) is 0 Å². The number of carbonyl (C=O) groups is 2. The van der Waals surface area contributed by atoms with E-state index in [9.17, 15) is 9.59 Å². The smallest absolute Gasteiger partial charge is 0.319 e. The predicted octanol–water partition coefficient (Wildman–Crippen LogP) is 4.44. The van der Waals surface area contributed by atoms with E-state index in [2.05, 4.69) is 28.8 Å². The van der Waals surface area contributed by atoms with Crippen molar-refractivity contribution >= 4 is 17.6 Å². The lowest BCUT2D eigenvalue weighted by Crippen LogP contribution is -2.34. The van der Waals surface area contributed by atoms with Crippen molar-refractivity contribution in [1.29, 1.82) is 0 Å². The Labute approximate surface area is 172 Å². The van der Waals surface area contributed by atoms with Crippen LogP contribution in [0.3, 0.4) is 0 Å². The molecular formula is C24H29N3O2. The molecule has 1 heterocycles. The number of hydrogen-bond acceptors (Lipinski definition) is 2. The lowest BCUT2D eigenvalue weighted by molar-refractivity contribution is -0.130. The predicted molar refractivity (Wildman–Crippen MR) is 115 cm³/mol. The highest BCUT2D eigenvalue weighted by molar-refractivity contribution is 5.89. The molecule has 5 heteroatoms. The lowest BCUT2D eigenvalue weighted by atomic mass is 9.88. The number of likely N-dealkylation sites (tertiary alicyclic amines) is 1. The molecule has 29 heavy (non-hydrogen) atoms. The molecule has 1 aliphatic carbocycles. The van der Waals surface area contributed by atoms with Crippen LogP contribution in [0.4, 0.5) is 10.5 Å². The lowest BCUT2D eigenvalue weighted by Gasteiger charge is -2.26. The third kappa shape index (κ3) is 4.97. The molecule has 152 valence electrons. The maximum absolute atomic E-state index is 12.5. The molecule has 1 aliphatic heterocycles. The van der Waals surface area contributed by atoms with E-state index >= 15 is 0 Å². The Morgan fingerprint density at radius 1 is 0.966 bits per heavy atom. The van der Waals surface area contributed by atoms with Crippen LogP contribution in [0.1, 0.15) is 54.8 Å². The minimum Gasteiger partial charge on any atom is -0.343 e. The van der Waals surface area contributed by atoms with E-state index in [4.69, 9.17) is 0 Å². The van der Waals surface area contributed by atoms with Gasteiger partial charge in [0.25, 0.3) is 0 Å². The van der Waals surface area contributed by atoms with Crippen molar-refractivity contribution in [1.82, 2.24) is 10.2 Å². The molecule has 2 aliphatic rings. The monoisotopic (exact) mass is 391 g/mol. The van der Waals surface area contributed by atoms with Crippen molar-refractivity contribution in [2.24, 2.45) is 0 Å². The van der Waals surface area contributed by atoms with Gasteiger partial charge in [-0.1, -0.05) is 36.4 Å². The summed E-state index contributed by atoms with van der Waals surface area (Å²) in [7, 11) is 0. The number of fused-ring (bicyclic) bond motifs is 1. The van der Waals surface area contributed by atoms with Gasteiger partial charge in [0, 0.05) is 25.2 Å². The molecule has 2 aromatic carbocycles. The zero-order valence-corrected chi connectivity index (χ0v) is 16.8. The fourth-order valence-corrected chi connectivity index (χ4v) is 4.36. The largest absolute Gasteiger partial charge is 0.343 e. The molecular weight excluding hydrogens is 362 g/mol. The summed E-state index contributed by atoms with van der Waals surface area (Å²) in [4.78, 5) is 26.6. The van der Waals surface area contributed by atoms with Gasteiger partial charge in [-0.2, -0.15) is 0 Å². The molecule has 0 aromatic heterocycles. The minimum absolute atomic E-state index is 0.0656. The molecule has 2 N–H and O–H groups in total. The van der Waals surface area contributed by atoms with Gasteiger partial charge in [0.2, 0.25) is 5.91 Å². The van der Waals surface area contributed by atoms with Gasteiger partial charge in [-0.15, -0.1) is 0 Å². The Balaban J connectivity index is 1.27. The number of amides is 3.